The summed E-state index contributed by atoms with van der Waals surface area (Å²) in [5.41, 5.74) is 1.22. The first-order valence-electron chi connectivity index (χ1n) is 6.71. The minimum atomic E-state index is -0.692. The molecule has 3 nitrogen and oxygen atoms in total. The summed E-state index contributed by atoms with van der Waals surface area (Å²) >= 11 is 1.47. The van der Waals surface area contributed by atoms with Crippen molar-refractivity contribution in [1.29, 1.82) is 0 Å². The number of aryl methyl sites for hydroxylation is 1. The summed E-state index contributed by atoms with van der Waals surface area (Å²) < 4.78 is 33.1. The van der Waals surface area contributed by atoms with Gasteiger partial charge in [-0.05, 0) is 24.6 Å². The van der Waals surface area contributed by atoms with Gasteiger partial charge >= 0.3 is 0 Å². The molecular weight excluding hydrogens is 294 g/mol. The number of halogens is 2. The van der Waals surface area contributed by atoms with Crippen molar-refractivity contribution < 1.29 is 13.5 Å². The third kappa shape index (κ3) is 4.47. The van der Waals surface area contributed by atoms with Crippen LogP contribution in [0.25, 0.3) is 0 Å². The molecule has 1 heterocycles. The van der Waals surface area contributed by atoms with Crippen LogP contribution in [0.4, 0.5) is 8.78 Å². The second kappa shape index (κ2) is 6.95. The van der Waals surface area contributed by atoms with Gasteiger partial charge in [-0.2, -0.15) is 0 Å². The predicted molar refractivity (Wildman–Crippen MR) is 79.5 cm³/mol. The normalized spacial score (nSPS) is 11.1. The lowest BCUT2D eigenvalue weighted by Crippen LogP contribution is -2.22. The van der Waals surface area contributed by atoms with E-state index < -0.39 is 11.6 Å². The molecule has 6 heteroatoms. The molecule has 0 saturated heterocycles. The van der Waals surface area contributed by atoms with Gasteiger partial charge in [-0.3, -0.25) is 0 Å². The van der Waals surface area contributed by atoms with E-state index in [-0.39, 0.29) is 18.4 Å². The number of hydrogen-bond donors (Lipinski definition) is 1. The summed E-state index contributed by atoms with van der Waals surface area (Å²) in [5.74, 6) is -1.74. The van der Waals surface area contributed by atoms with E-state index in [9.17, 15) is 8.78 Å². The molecule has 114 valence electrons. The predicted octanol–water partition coefficient (Wildman–Crippen LogP) is 3.81. The van der Waals surface area contributed by atoms with Crippen molar-refractivity contribution in [1.82, 2.24) is 10.3 Å². The van der Waals surface area contributed by atoms with E-state index in [1.54, 1.807) is 0 Å². The molecule has 21 heavy (non-hydrogen) atoms. The average molecular weight is 312 g/mol. The lowest BCUT2D eigenvalue weighted by atomic mass is 10.2. The molecule has 0 bridgehead atoms. The molecule has 0 unspecified atom stereocenters. The van der Waals surface area contributed by atoms with E-state index in [1.807, 2.05) is 26.2 Å². The topological polar surface area (TPSA) is 34.1 Å². The fraction of sp³-hybridized carbons (Fsp3) is 0.400. The number of thiazole rings is 1. The van der Waals surface area contributed by atoms with Crippen LogP contribution < -0.4 is 10.1 Å². The molecule has 1 aromatic heterocycles. The summed E-state index contributed by atoms with van der Waals surface area (Å²) in [6.45, 7) is 6.28. The summed E-state index contributed by atoms with van der Waals surface area (Å²) in [6.07, 6.45) is 0. The molecule has 0 radical (unpaired) electrons. The molecule has 0 spiro atoms. The lowest BCUT2D eigenvalue weighted by molar-refractivity contribution is 0.270. The molecule has 1 N–H and O–H groups in total. The van der Waals surface area contributed by atoms with Gasteiger partial charge in [0, 0.05) is 18.0 Å². The smallest absolute Gasteiger partial charge is 0.191 e. The standard InChI is InChI=1S/C15H18F2N2OS/c1-9(2)18-6-11-4-13(16)15(14(17)5-11)20-7-12-8-21-10(3)19-12/h4-5,8-9,18H,6-7H2,1-3H3. The first kappa shape index (κ1) is 15.9. The fourth-order valence-electron chi connectivity index (χ4n) is 1.79. The van der Waals surface area contributed by atoms with E-state index in [1.165, 1.54) is 23.5 Å². The van der Waals surface area contributed by atoms with Gasteiger partial charge in [-0.15, -0.1) is 11.3 Å². The molecule has 1 aromatic carbocycles. The Morgan fingerprint density at radius 1 is 1.29 bits per heavy atom. The molecule has 0 atom stereocenters. The Hall–Kier alpha value is -1.53. The molecule has 2 rings (SSSR count). The Bertz CT molecular complexity index is 590. The van der Waals surface area contributed by atoms with Gasteiger partial charge in [0.1, 0.15) is 6.61 Å². The minimum absolute atomic E-state index is 0.0573. The van der Waals surface area contributed by atoms with Crippen LogP contribution in [-0.4, -0.2) is 11.0 Å². The molecule has 0 aliphatic carbocycles. The summed E-state index contributed by atoms with van der Waals surface area (Å²) in [4.78, 5) is 4.19. The van der Waals surface area contributed by atoms with E-state index in [0.29, 0.717) is 17.8 Å². The number of rotatable bonds is 6. The van der Waals surface area contributed by atoms with Crippen LogP contribution in [0.2, 0.25) is 0 Å². The Labute approximate surface area is 127 Å². The number of ether oxygens (including phenoxy) is 1. The third-order valence-electron chi connectivity index (χ3n) is 2.80. The zero-order chi connectivity index (χ0) is 15.4. The zero-order valence-corrected chi connectivity index (χ0v) is 13.1. The van der Waals surface area contributed by atoms with E-state index in [2.05, 4.69) is 10.3 Å². The molecule has 2 aromatic rings. The minimum Gasteiger partial charge on any atom is -0.481 e. The SMILES string of the molecule is Cc1nc(COc2c(F)cc(CNC(C)C)cc2F)cs1. The Kier molecular flexibility index (Phi) is 5.25. The van der Waals surface area contributed by atoms with Crippen LogP contribution in [0.5, 0.6) is 5.75 Å². The van der Waals surface area contributed by atoms with Crippen molar-refractivity contribution in [2.45, 2.75) is 40.0 Å². The van der Waals surface area contributed by atoms with Gasteiger partial charge in [-0.25, -0.2) is 13.8 Å². The lowest BCUT2D eigenvalue weighted by Gasteiger charge is -2.11. The highest BCUT2D eigenvalue weighted by molar-refractivity contribution is 7.09. The van der Waals surface area contributed by atoms with Gasteiger partial charge in [-0.1, -0.05) is 13.8 Å². The maximum atomic E-state index is 13.9. The monoisotopic (exact) mass is 312 g/mol. The first-order valence-corrected chi connectivity index (χ1v) is 7.58. The number of benzene rings is 1. The van der Waals surface area contributed by atoms with Crippen molar-refractivity contribution >= 4 is 11.3 Å². The fourth-order valence-corrected chi connectivity index (χ4v) is 2.39. The Morgan fingerprint density at radius 3 is 2.48 bits per heavy atom. The maximum absolute atomic E-state index is 13.9. The van der Waals surface area contributed by atoms with Crippen molar-refractivity contribution in [3.05, 3.63) is 45.4 Å². The van der Waals surface area contributed by atoms with Gasteiger partial charge in [0.25, 0.3) is 0 Å². The van der Waals surface area contributed by atoms with Crippen LogP contribution >= 0.6 is 11.3 Å². The third-order valence-corrected chi connectivity index (χ3v) is 3.63. The highest BCUT2D eigenvalue weighted by atomic mass is 32.1. The molecule has 0 aliphatic heterocycles. The summed E-state index contributed by atoms with van der Waals surface area (Å²) in [5, 5.41) is 5.82. The van der Waals surface area contributed by atoms with E-state index in [4.69, 9.17) is 4.74 Å². The van der Waals surface area contributed by atoms with Gasteiger partial charge < -0.3 is 10.1 Å². The van der Waals surface area contributed by atoms with E-state index in [0.717, 1.165) is 5.01 Å². The van der Waals surface area contributed by atoms with Crippen LogP contribution in [0, 0.1) is 18.6 Å². The number of nitrogens with zero attached hydrogens (tertiary/aromatic N) is 1. The average Bonchev–Trinajstić information content (AvgIpc) is 2.81. The second-order valence-electron chi connectivity index (χ2n) is 5.07. The number of aromatic nitrogens is 1. The second-order valence-corrected chi connectivity index (χ2v) is 6.13. The van der Waals surface area contributed by atoms with Gasteiger partial charge in [0.05, 0.1) is 10.7 Å². The Morgan fingerprint density at radius 2 is 1.95 bits per heavy atom. The van der Waals surface area contributed by atoms with Crippen LogP contribution in [-0.2, 0) is 13.2 Å². The van der Waals surface area contributed by atoms with Crippen molar-refractivity contribution in [2.24, 2.45) is 0 Å². The number of nitrogens with one attached hydrogen (secondary N) is 1. The van der Waals surface area contributed by atoms with Crippen LogP contribution in [0.3, 0.4) is 0 Å². The Balaban J connectivity index is 2.06. The molecular formula is C15H18F2N2OS. The van der Waals surface area contributed by atoms with Crippen molar-refractivity contribution in [3.8, 4) is 5.75 Å². The highest BCUT2D eigenvalue weighted by Crippen LogP contribution is 2.24. The number of hydrogen-bond acceptors (Lipinski definition) is 4. The summed E-state index contributed by atoms with van der Waals surface area (Å²) in [6, 6.07) is 2.83. The van der Waals surface area contributed by atoms with Crippen molar-refractivity contribution in [2.75, 3.05) is 0 Å². The molecule has 0 amide bonds. The molecule has 0 aliphatic rings. The maximum Gasteiger partial charge on any atom is 0.191 e. The van der Waals surface area contributed by atoms with Gasteiger partial charge in [0.15, 0.2) is 17.4 Å². The van der Waals surface area contributed by atoms with Crippen LogP contribution in [0.15, 0.2) is 17.5 Å². The first-order chi connectivity index (χ1) is 9.95. The van der Waals surface area contributed by atoms with E-state index >= 15 is 0 Å². The molecule has 0 fully saturated rings. The van der Waals surface area contributed by atoms with Gasteiger partial charge in [0.2, 0.25) is 0 Å². The van der Waals surface area contributed by atoms with Crippen LogP contribution in [0.1, 0.15) is 30.1 Å². The van der Waals surface area contributed by atoms with Crippen molar-refractivity contribution in [3.63, 3.8) is 0 Å². The largest absolute Gasteiger partial charge is 0.481 e. The highest BCUT2D eigenvalue weighted by Gasteiger charge is 2.13. The zero-order valence-electron chi connectivity index (χ0n) is 12.2. The summed E-state index contributed by atoms with van der Waals surface area (Å²) in [7, 11) is 0. The molecule has 0 saturated carbocycles. The quantitative estimate of drug-likeness (QED) is 0.881.